The molecule has 0 saturated carbocycles. The van der Waals surface area contributed by atoms with E-state index in [-0.39, 0.29) is 13.0 Å². The van der Waals surface area contributed by atoms with Crippen LogP contribution in [0.1, 0.15) is 24.0 Å². The molecule has 2 N–H and O–H groups in total. The summed E-state index contributed by atoms with van der Waals surface area (Å²) in [6, 6.07) is 9.89. The van der Waals surface area contributed by atoms with Crippen molar-refractivity contribution in [2.75, 3.05) is 25.0 Å². The minimum atomic E-state index is -4.60. The number of alkyl halides is 3. The molecule has 1 amide bonds. The fourth-order valence-corrected chi connectivity index (χ4v) is 3.70. The van der Waals surface area contributed by atoms with E-state index in [1.54, 1.807) is 36.4 Å². The van der Waals surface area contributed by atoms with Crippen LogP contribution in [0.15, 0.2) is 42.6 Å². The molecule has 8 nitrogen and oxygen atoms in total. The smallest absolute Gasteiger partial charge is 0.406 e. The molecule has 33 heavy (non-hydrogen) atoms. The van der Waals surface area contributed by atoms with E-state index >= 15 is 0 Å². The Balaban J connectivity index is 1.64. The van der Waals surface area contributed by atoms with Crippen molar-refractivity contribution >= 4 is 17.7 Å². The highest BCUT2D eigenvalue weighted by molar-refractivity contribution is 5.84. The third-order valence-electron chi connectivity index (χ3n) is 5.18. The Kier molecular flexibility index (Phi) is 7.62. The van der Waals surface area contributed by atoms with E-state index < -0.39 is 36.9 Å². The van der Waals surface area contributed by atoms with E-state index in [1.807, 2.05) is 0 Å². The number of aliphatic carboxylic acids is 1. The summed E-state index contributed by atoms with van der Waals surface area (Å²) < 4.78 is 45.4. The molecule has 1 aromatic carbocycles. The maximum atomic E-state index is 13.0. The van der Waals surface area contributed by atoms with Crippen LogP contribution in [0, 0.1) is 11.1 Å². The molecule has 1 aliphatic heterocycles. The van der Waals surface area contributed by atoms with Gasteiger partial charge in [-0.2, -0.15) is 13.2 Å². The van der Waals surface area contributed by atoms with Gasteiger partial charge in [0.25, 0.3) is 5.82 Å². The summed E-state index contributed by atoms with van der Waals surface area (Å²) in [6.45, 7) is -0.955. The Morgan fingerprint density at radius 1 is 1.27 bits per heavy atom. The molecule has 2 aromatic rings. The average molecular weight is 467 g/mol. The van der Waals surface area contributed by atoms with Crippen LogP contribution in [0.3, 0.4) is 0 Å². The summed E-state index contributed by atoms with van der Waals surface area (Å²) in [4.78, 5) is 24.4. The van der Waals surface area contributed by atoms with Crippen molar-refractivity contribution in [1.29, 1.82) is 0 Å². The van der Waals surface area contributed by atoms with Gasteiger partial charge in [0.15, 0.2) is 0 Å². The second-order valence-electron chi connectivity index (χ2n) is 7.78. The topological polar surface area (TPSA) is 106 Å². The van der Waals surface area contributed by atoms with Gasteiger partial charge in [-0.3, -0.25) is 14.9 Å². The van der Waals surface area contributed by atoms with Gasteiger partial charge >= 0.3 is 12.1 Å². The van der Waals surface area contributed by atoms with Crippen molar-refractivity contribution < 1.29 is 37.3 Å². The Labute approximate surface area is 188 Å². The van der Waals surface area contributed by atoms with Gasteiger partial charge in [-0.05, 0) is 35.7 Å². The summed E-state index contributed by atoms with van der Waals surface area (Å²) in [7, 11) is 0. The number of nitrogens with zero attached hydrogens (tertiary/aromatic N) is 2. The normalized spacial score (nSPS) is 16.2. The Morgan fingerprint density at radius 3 is 2.76 bits per heavy atom. The molecular formula is C22H24F3N3O5. The molecule has 2 heterocycles. The minimum Gasteiger partial charge on any atom is -0.711 e. The number of pyridine rings is 1. The predicted octanol–water partition coefficient (Wildman–Crippen LogP) is 2.74. The van der Waals surface area contributed by atoms with Gasteiger partial charge in [-0.25, -0.2) is 4.73 Å². The summed E-state index contributed by atoms with van der Waals surface area (Å²) in [5.41, 5.74) is 1.12. The van der Waals surface area contributed by atoms with Crippen LogP contribution in [0.25, 0.3) is 0 Å². The van der Waals surface area contributed by atoms with Crippen molar-refractivity contribution in [2.45, 2.75) is 32.0 Å². The third kappa shape index (κ3) is 6.99. The highest BCUT2D eigenvalue weighted by Crippen LogP contribution is 2.30. The molecule has 3 rings (SSSR count). The van der Waals surface area contributed by atoms with Crippen molar-refractivity contribution in [3.8, 4) is 5.75 Å². The van der Waals surface area contributed by atoms with Gasteiger partial charge in [0, 0.05) is 19.0 Å². The maximum Gasteiger partial charge on any atom is 0.406 e. The van der Waals surface area contributed by atoms with Crippen LogP contribution in [0.2, 0.25) is 0 Å². The molecule has 1 aromatic heterocycles. The second-order valence-corrected chi connectivity index (χ2v) is 7.78. The van der Waals surface area contributed by atoms with Crippen LogP contribution in [0.5, 0.6) is 5.75 Å². The summed E-state index contributed by atoms with van der Waals surface area (Å²) in [5, 5.41) is 23.6. The summed E-state index contributed by atoms with van der Waals surface area (Å²) in [5.74, 6) is -2.28. The molecule has 0 bridgehead atoms. The van der Waals surface area contributed by atoms with E-state index in [1.165, 1.54) is 6.20 Å². The number of nitrogens with one attached hydrogen (secondary N) is 1. The highest BCUT2D eigenvalue weighted by atomic mass is 19.4. The van der Waals surface area contributed by atoms with Crippen LogP contribution in [0.4, 0.5) is 19.0 Å². The van der Waals surface area contributed by atoms with Crippen LogP contribution in [-0.2, 0) is 22.6 Å². The number of fused-ring (bicyclic) bond motifs is 1. The first kappa shape index (κ1) is 24.1. The number of halogens is 3. The number of anilines is 1. The predicted molar refractivity (Wildman–Crippen MR) is 111 cm³/mol. The fraction of sp³-hybridized carbons (Fsp3) is 0.409. The maximum absolute atomic E-state index is 13.0. The number of aromatic nitrogens is 1. The lowest BCUT2D eigenvalue weighted by molar-refractivity contribution is -0.590. The molecule has 0 unspecified atom stereocenters. The number of carboxylic acids is 1. The van der Waals surface area contributed by atoms with E-state index in [0.717, 1.165) is 0 Å². The van der Waals surface area contributed by atoms with Gasteiger partial charge in [-0.1, -0.05) is 12.1 Å². The lowest BCUT2D eigenvalue weighted by Gasteiger charge is -2.25. The zero-order valence-corrected chi connectivity index (χ0v) is 17.7. The average Bonchev–Trinajstić information content (AvgIpc) is 2.84. The number of hydrogen-bond donors (Lipinski definition) is 2. The lowest BCUT2D eigenvalue weighted by Crippen LogP contribution is -2.41. The number of carboxylic acid groups (broad SMARTS) is 1. The largest absolute Gasteiger partial charge is 0.711 e. The first-order chi connectivity index (χ1) is 15.6. The monoisotopic (exact) mass is 467 g/mol. The number of amides is 1. The number of hydrogen-bond acceptors (Lipinski definition) is 5. The van der Waals surface area contributed by atoms with E-state index in [4.69, 9.17) is 9.84 Å². The van der Waals surface area contributed by atoms with Crippen LogP contribution in [-0.4, -0.2) is 47.8 Å². The first-order valence-corrected chi connectivity index (χ1v) is 10.4. The first-order valence-electron chi connectivity index (χ1n) is 10.4. The summed E-state index contributed by atoms with van der Waals surface area (Å²) in [6.07, 6.45) is -3.16. The van der Waals surface area contributed by atoms with Crippen LogP contribution >= 0.6 is 0 Å². The number of carbonyl (C=O) groups is 2. The molecule has 0 fully saturated rings. The number of benzene rings is 1. The Bertz CT molecular complexity index is 999. The standard InChI is InChI=1S/C22H24F3N3O5/c23-22(24,25)14-27-13-17-11-18(6-5-15(17)10-16(21(27)31)12-20(29)30)33-9-3-7-26-19-4-1-2-8-28(19)32/h1-2,4-6,8,11,16,26H,3,7,9-10,12-14H2,(H,29,30)/t16-/m1/s1. The van der Waals surface area contributed by atoms with Gasteiger partial charge in [0.1, 0.15) is 12.3 Å². The van der Waals surface area contributed by atoms with E-state index in [0.29, 0.717) is 51.9 Å². The number of ether oxygens (including phenoxy) is 1. The van der Waals surface area contributed by atoms with Crippen molar-refractivity contribution in [3.63, 3.8) is 0 Å². The fourth-order valence-electron chi connectivity index (χ4n) is 3.70. The third-order valence-corrected chi connectivity index (χ3v) is 5.18. The quantitative estimate of drug-likeness (QED) is 0.334. The van der Waals surface area contributed by atoms with Crippen LogP contribution < -0.4 is 14.8 Å². The van der Waals surface area contributed by atoms with Gasteiger partial charge < -0.3 is 20.0 Å². The molecule has 0 saturated heterocycles. The van der Waals surface area contributed by atoms with Crippen molar-refractivity contribution in [1.82, 2.24) is 4.90 Å². The van der Waals surface area contributed by atoms with E-state index in [2.05, 4.69) is 5.32 Å². The van der Waals surface area contributed by atoms with Crippen molar-refractivity contribution in [2.24, 2.45) is 5.92 Å². The summed E-state index contributed by atoms with van der Waals surface area (Å²) >= 11 is 0. The SMILES string of the molecule is O=C(O)C[C@H]1Cc2ccc(OCCCNc3cccc[n+]3[O-])cc2CN(CC(F)(F)F)C1=O. The molecule has 0 aliphatic carbocycles. The molecule has 178 valence electrons. The highest BCUT2D eigenvalue weighted by Gasteiger charge is 2.38. The number of rotatable bonds is 9. The number of carbonyl (C=O) groups excluding carboxylic acids is 1. The van der Waals surface area contributed by atoms with Crippen molar-refractivity contribution in [3.05, 3.63) is 58.9 Å². The van der Waals surface area contributed by atoms with Gasteiger partial charge in [0.05, 0.1) is 31.7 Å². The minimum absolute atomic E-state index is 0.0469. The second kappa shape index (κ2) is 10.4. The Morgan fingerprint density at radius 2 is 2.06 bits per heavy atom. The molecule has 0 spiro atoms. The molecule has 0 radical (unpaired) electrons. The van der Waals surface area contributed by atoms with Gasteiger partial charge in [0.2, 0.25) is 5.91 Å². The Hall–Kier alpha value is -3.50. The molecule has 1 atom stereocenters. The molecule has 1 aliphatic rings. The lowest BCUT2D eigenvalue weighted by atomic mass is 9.94. The molecular weight excluding hydrogens is 443 g/mol. The van der Waals surface area contributed by atoms with E-state index in [9.17, 15) is 28.0 Å². The zero-order chi connectivity index (χ0) is 24.0. The molecule has 11 heteroatoms. The van der Waals surface area contributed by atoms with Gasteiger partial charge in [-0.15, -0.1) is 0 Å². The zero-order valence-electron chi connectivity index (χ0n) is 17.7.